The van der Waals surface area contributed by atoms with Crippen LogP contribution in [0.1, 0.15) is 33.1 Å². The first-order chi connectivity index (χ1) is 12.1. The number of piperazine rings is 1. The highest BCUT2D eigenvalue weighted by atomic mass is 16.5. The average Bonchev–Trinajstić information content (AvgIpc) is 3.10. The van der Waals surface area contributed by atoms with E-state index >= 15 is 0 Å². The zero-order valence-electron chi connectivity index (χ0n) is 16.0. The largest absolute Gasteiger partial charge is 0.374 e. The van der Waals surface area contributed by atoms with Crippen LogP contribution in [-0.2, 0) is 9.53 Å². The van der Waals surface area contributed by atoms with Crippen LogP contribution in [-0.4, -0.2) is 91.7 Å². The van der Waals surface area contributed by atoms with Crippen molar-refractivity contribution in [2.24, 2.45) is 17.6 Å². The van der Waals surface area contributed by atoms with Gasteiger partial charge in [-0.15, -0.1) is 0 Å². The first kappa shape index (κ1) is 19.1. The van der Waals surface area contributed by atoms with E-state index in [0.717, 1.165) is 71.7 Å². The summed E-state index contributed by atoms with van der Waals surface area (Å²) < 4.78 is 5.97. The Morgan fingerprint density at radius 1 is 1.16 bits per heavy atom. The summed E-state index contributed by atoms with van der Waals surface area (Å²) in [5.74, 6) is 0.938. The van der Waals surface area contributed by atoms with E-state index in [1.54, 1.807) is 0 Å². The molecule has 144 valence electrons. The van der Waals surface area contributed by atoms with Crippen LogP contribution in [0.5, 0.6) is 0 Å². The fraction of sp³-hybridized carbons (Fsp3) is 0.947. The maximum atomic E-state index is 12.8. The number of hydrogen-bond donors (Lipinski definition) is 1. The first-order valence-corrected chi connectivity index (χ1v) is 10.2. The third kappa shape index (κ3) is 4.73. The average molecular weight is 353 g/mol. The number of morpholine rings is 1. The highest BCUT2D eigenvalue weighted by Crippen LogP contribution is 2.32. The number of rotatable bonds is 5. The van der Waals surface area contributed by atoms with Gasteiger partial charge in [-0.3, -0.25) is 14.6 Å². The van der Waals surface area contributed by atoms with Crippen LogP contribution in [0.2, 0.25) is 0 Å². The molecule has 2 N–H and O–H groups in total. The van der Waals surface area contributed by atoms with Gasteiger partial charge in [-0.25, -0.2) is 0 Å². The molecule has 6 nitrogen and oxygen atoms in total. The Labute approximate surface area is 152 Å². The molecule has 0 radical (unpaired) electrons. The zero-order chi connectivity index (χ0) is 17.8. The highest BCUT2D eigenvalue weighted by Gasteiger charge is 2.36. The van der Waals surface area contributed by atoms with Crippen molar-refractivity contribution in [2.75, 3.05) is 59.0 Å². The van der Waals surface area contributed by atoms with Crippen LogP contribution < -0.4 is 5.73 Å². The van der Waals surface area contributed by atoms with E-state index < -0.39 is 0 Å². The van der Waals surface area contributed by atoms with Crippen molar-refractivity contribution >= 4 is 5.91 Å². The van der Waals surface area contributed by atoms with Crippen LogP contribution in [0, 0.1) is 11.8 Å². The molecule has 2 aliphatic heterocycles. The van der Waals surface area contributed by atoms with Gasteiger partial charge in [0.2, 0.25) is 5.91 Å². The second-order valence-corrected chi connectivity index (χ2v) is 8.24. The Balaban J connectivity index is 1.43. The van der Waals surface area contributed by atoms with Crippen molar-refractivity contribution in [2.45, 2.75) is 45.3 Å². The third-order valence-corrected chi connectivity index (χ3v) is 6.33. The topological polar surface area (TPSA) is 62.0 Å². The minimum atomic E-state index is 0.179. The van der Waals surface area contributed by atoms with E-state index in [1.807, 2.05) is 0 Å². The summed E-state index contributed by atoms with van der Waals surface area (Å²) in [5, 5.41) is 0. The van der Waals surface area contributed by atoms with Crippen molar-refractivity contribution in [3.05, 3.63) is 0 Å². The van der Waals surface area contributed by atoms with Gasteiger partial charge in [0.05, 0.1) is 12.7 Å². The molecule has 2 heterocycles. The van der Waals surface area contributed by atoms with Crippen LogP contribution >= 0.6 is 0 Å². The summed E-state index contributed by atoms with van der Waals surface area (Å²) in [6, 6.07) is 0.586. The van der Waals surface area contributed by atoms with Gasteiger partial charge in [-0.05, 0) is 39.2 Å². The minimum absolute atomic E-state index is 0.179. The number of carbonyl (C=O) groups is 1. The maximum absolute atomic E-state index is 12.8. The first-order valence-electron chi connectivity index (χ1n) is 10.2. The third-order valence-electron chi connectivity index (χ3n) is 6.33. The number of nitrogens with two attached hydrogens (primary N) is 1. The van der Waals surface area contributed by atoms with Crippen molar-refractivity contribution < 1.29 is 9.53 Å². The molecule has 3 fully saturated rings. The summed E-state index contributed by atoms with van der Waals surface area (Å²) in [4.78, 5) is 19.9. The Kier molecular flexibility index (Phi) is 6.72. The van der Waals surface area contributed by atoms with E-state index in [4.69, 9.17) is 10.5 Å². The SMILES string of the molecule is CC(C)N1CCOC(CN2CCN(C(=O)[C@@H]3CCC[C@@H]3CN)CC2)C1. The second-order valence-electron chi connectivity index (χ2n) is 8.24. The summed E-state index contributed by atoms with van der Waals surface area (Å²) in [6.07, 6.45) is 3.61. The molecule has 1 amide bonds. The molecule has 0 aromatic rings. The lowest BCUT2D eigenvalue weighted by Gasteiger charge is -2.41. The Morgan fingerprint density at radius 2 is 1.92 bits per heavy atom. The number of ether oxygens (including phenoxy) is 1. The van der Waals surface area contributed by atoms with Gasteiger partial charge >= 0.3 is 0 Å². The number of hydrogen-bond acceptors (Lipinski definition) is 5. The maximum Gasteiger partial charge on any atom is 0.226 e. The minimum Gasteiger partial charge on any atom is -0.374 e. The van der Waals surface area contributed by atoms with Crippen molar-refractivity contribution in [1.29, 1.82) is 0 Å². The standard InChI is InChI=1S/C19H36N4O2/c1-15(2)23-10-11-25-17(14-23)13-21-6-8-22(9-7-21)19(24)18-5-3-4-16(18)12-20/h15-18H,3-14,20H2,1-2H3/t16-,17?,18-/m1/s1. The Hall–Kier alpha value is -0.690. The molecule has 0 spiro atoms. The number of carbonyl (C=O) groups excluding carboxylic acids is 1. The van der Waals surface area contributed by atoms with Crippen molar-refractivity contribution in [1.82, 2.24) is 14.7 Å². The lowest BCUT2D eigenvalue weighted by Crippen LogP contribution is -2.55. The Morgan fingerprint density at radius 3 is 2.60 bits per heavy atom. The van der Waals surface area contributed by atoms with Crippen LogP contribution in [0.3, 0.4) is 0 Å². The van der Waals surface area contributed by atoms with Crippen molar-refractivity contribution in [3.8, 4) is 0 Å². The quantitative estimate of drug-likeness (QED) is 0.786. The molecule has 3 rings (SSSR count). The lowest BCUT2D eigenvalue weighted by atomic mass is 9.94. The summed E-state index contributed by atoms with van der Waals surface area (Å²) in [5.41, 5.74) is 5.85. The molecule has 0 aromatic heterocycles. The molecule has 3 aliphatic rings. The molecule has 6 heteroatoms. The van der Waals surface area contributed by atoms with Gasteiger partial charge in [0.1, 0.15) is 0 Å². The molecule has 1 aliphatic carbocycles. The number of amides is 1. The molecule has 0 bridgehead atoms. The molecule has 25 heavy (non-hydrogen) atoms. The molecule has 1 saturated carbocycles. The second kappa shape index (κ2) is 8.80. The van der Waals surface area contributed by atoms with Gasteiger partial charge in [0, 0.05) is 57.8 Å². The monoisotopic (exact) mass is 352 g/mol. The molecular weight excluding hydrogens is 316 g/mol. The van der Waals surface area contributed by atoms with Crippen LogP contribution in [0.15, 0.2) is 0 Å². The van der Waals surface area contributed by atoms with E-state index in [1.165, 1.54) is 0 Å². The van der Waals surface area contributed by atoms with E-state index in [2.05, 4.69) is 28.5 Å². The fourth-order valence-electron chi connectivity index (χ4n) is 4.64. The Bertz CT molecular complexity index is 437. The predicted octanol–water partition coefficient (Wildman–Crippen LogP) is 0.615. The van der Waals surface area contributed by atoms with Crippen molar-refractivity contribution in [3.63, 3.8) is 0 Å². The van der Waals surface area contributed by atoms with Gasteiger partial charge < -0.3 is 15.4 Å². The molecule has 2 saturated heterocycles. The van der Waals surface area contributed by atoms with E-state index in [0.29, 0.717) is 30.5 Å². The zero-order valence-corrected chi connectivity index (χ0v) is 16.0. The normalized spacial score (nSPS) is 32.5. The summed E-state index contributed by atoms with van der Waals surface area (Å²) >= 11 is 0. The molecule has 3 atom stereocenters. The summed E-state index contributed by atoms with van der Waals surface area (Å²) in [6.45, 7) is 12.7. The van der Waals surface area contributed by atoms with Gasteiger partial charge in [0.15, 0.2) is 0 Å². The molecule has 0 aromatic carbocycles. The van der Waals surface area contributed by atoms with Gasteiger partial charge in [0.25, 0.3) is 0 Å². The summed E-state index contributed by atoms with van der Waals surface area (Å²) in [7, 11) is 0. The fourth-order valence-corrected chi connectivity index (χ4v) is 4.64. The lowest BCUT2D eigenvalue weighted by molar-refractivity contribution is -0.138. The number of nitrogens with zero attached hydrogens (tertiary/aromatic N) is 3. The molecule has 1 unspecified atom stereocenters. The van der Waals surface area contributed by atoms with Gasteiger partial charge in [-0.2, -0.15) is 0 Å². The smallest absolute Gasteiger partial charge is 0.226 e. The van der Waals surface area contributed by atoms with Crippen LogP contribution in [0.25, 0.3) is 0 Å². The highest BCUT2D eigenvalue weighted by molar-refractivity contribution is 5.79. The van der Waals surface area contributed by atoms with Crippen LogP contribution in [0.4, 0.5) is 0 Å². The van der Waals surface area contributed by atoms with E-state index in [9.17, 15) is 4.79 Å². The molecular formula is C19H36N4O2. The van der Waals surface area contributed by atoms with Gasteiger partial charge in [-0.1, -0.05) is 6.42 Å². The predicted molar refractivity (Wildman–Crippen MR) is 99.4 cm³/mol. The van der Waals surface area contributed by atoms with E-state index in [-0.39, 0.29) is 5.92 Å².